The highest BCUT2D eigenvalue weighted by Gasteiger charge is 2.02. The molecule has 2 rings (SSSR count). The first-order valence-corrected chi connectivity index (χ1v) is 7.95. The summed E-state index contributed by atoms with van der Waals surface area (Å²) in [4.78, 5) is 6.59. The maximum absolute atomic E-state index is 5.71. The highest BCUT2D eigenvalue weighted by atomic mass is 16.5. The van der Waals surface area contributed by atoms with Gasteiger partial charge in [-0.2, -0.15) is 0 Å². The molecular formula is C19H25N3O2. The molecule has 0 aromatic heterocycles. The molecule has 0 fully saturated rings. The zero-order valence-electron chi connectivity index (χ0n) is 14.5. The fraction of sp³-hybridized carbons (Fsp3) is 0.316. The number of nitrogens with one attached hydrogen (secondary N) is 1. The molecule has 1 N–H and O–H groups in total. The number of hydrogen-bond donors (Lipinski definition) is 1. The van der Waals surface area contributed by atoms with Crippen molar-refractivity contribution >= 4 is 5.96 Å². The first kappa shape index (κ1) is 17.7. The molecule has 0 aliphatic rings. The van der Waals surface area contributed by atoms with Crippen molar-refractivity contribution in [3.8, 4) is 11.5 Å². The monoisotopic (exact) mass is 327 g/mol. The summed E-state index contributed by atoms with van der Waals surface area (Å²) in [6.45, 7) is 1.89. The molecule has 2 aromatic carbocycles. The number of methoxy groups -OCH3 is 1. The molecule has 0 atom stereocenters. The van der Waals surface area contributed by atoms with E-state index in [4.69, 9.17) is 9.47 Å². The van der Waals surface area contributed by atoms with Crippen LogP contribution in [0.4, 0.5) is 0 Å². The molecule has 0 saturated heterocycles. The van der Waals surface area contributed by atoms with Crippen molar-refractivity contribution in [2.24, 2.45) is 4.99 Å². The number of hydrogen-bond acceptors (Lipinski definition) is 3. The van der Waals surface area contributed by atoms with E-state index in [1.165, 1.54) is 5.56 Å². The molecular weight excluding hydrogens is 302 g/mol. The largest absolute Gasteiger partial charge is 0.497 e. The van der Waals surface area contributed by atoms with Gasteiger partial charge in [-0.25, -0.2) is 4.99 Å². The average Bonchev–Trinajstić information content (AvgIpc) is 2.62. The molecule has 0 bridgehead atoms. The lowest BCUT2D eigenvalue weighted by molar-refractivity contribution is 0.319. The van der Waals surface area contributed by atoms with Gasteiger partial charge in [0, 0.05) is 14.1 Å². The van der Waals surface area contributed by atoms with Gasteiger partial charge in [0.15, 0.2) is 5.96 Å². The Kier molecular flexibility index (Phi) is 6.95. The summed E-state index contributed by atoms with van der Waals surface area (Å²) < 4.78 is 10.8. The van der Waals surface area contributed by atoms with Crippen LogP contribution in [0.25, 0.3) is 0 Å². The summed E-state index contributed by atoms with van der Waals surface area (Å²) in [7, 11) is 5.60. The first-order chi connectivity index (χ1) is 11.7. The SMILES string of the molecule is COc1ccc(OCCNC(=NCc2ccccc2)N(C)C)cc1. The van der Waals surface area contributed by atoms with Crippen LogP contribution in [0.1, 0.15) is 5.56 Å². The molecule has 0 aliphatic heterocycles. The average molecular weight is 327 g/mol. The van der Waals surface area contributed by atoms with Crippen LogP contribution in [0.5, 0.6) is 11.5 Å². The molecule has 5 heteroatoms. The van der Waals surface area contributed by atoms with Crippen LogP contribution in [0, 0.1) is 0 Å². The third-order valence-electron chi connectivity index (χ3n) is 3.39. The summed E-state index contributed by atoms with van der Waals surface area (Å²) in [6.07, 6.45) is 0. The molecule has 0 saturated carbocycles. The van der Waals surface area contributed by atoms with E-state index in [0.717, 1.165) is 17.5 Å². The Balaban J connectivity index is 1.78. The van der Waals surface area contributed by atoms with Gasteiger partial charge in [-0.05, 0) is 29.8 Å². The topological polar surface area (TPSA) is 46.1 Å². The van der Waals surface area contributed by atoms with Gasteiger partial charge in [-0.3, -0.25) is 0 Å². The number of guanidine groups is 1. The number of benzene rings is 2. The van der Waals surface area contributed by atoms with Gasteiger partial charge in [-0.1, -0.05) is 30.3 Å². The highest BCUT2D eigenvalue weighted by molar-refractivity contribution is 5.79. The minimum atomic E-state index is 0.560. The second kappa shape index (κ2) is 9.45. The lowest BCUT2D eigenvalue weighted by Crippen LogP contribution is -2.38. The van der Waals surface area contributed by atoms with E-state index in [0.29, 0.717) is 19.7 Å². The van der Waals surface area contributed by atoms with E-state index in [1.54, 1.807) is 7.11 Å². The number of ether oxygens (including phenoxy) is 2. The Hall–Kier alpha value is -2.69. The highest BCUT2D eigenvalue weighted by Crippen LogP contribution is 2.16. The lowest BCUT2D eigenvalue weighted by atomic mass is 10.2. The summed E-state index contributed by atoms with van der Waals surface area (Å²) in [5, 5.41) is 3.31. The van der Waals surface area contributed by atoms with Crippen LogP contribution in [0.3, 0.4) is 0 Å². The van der Waals surface area contributed by atoms with Crippen molar-refractivity contribution in [2.75, 3.05) is 34.4 Å². The molecule has 0 heterocycles. The molecule has 0 aliphatic carbocycles. The second-order valence-corrected chi connectivity index (χ2v) is 5.47. The van der Waals surface area contributed by atoms with E-state index < -0.39 is 0 Å². The standard InChI is InChI=1S/C19H25N3O2/c1-22(2)19(21-15-16-7-5-4-6-8-16)20-13-14-24-18-11-9-17(23-3)10-12-18/h4-12H,13-15H2,1-3H3,(H,20,21). The zero-order chi connectivity index (χ0) is 17.2. The van der Waals surface area contributed by atoms with Gasteiger partial charge in [0.25, 0.3) is 0 Å². The molecule has 0 amide bonds. The Morgan fingerprint density at radius 2 is 1.67 bits per heavy atom. The van der Waals surface area contributed by atoms with Crippen LogP contribution < -0.4 is 14.8 Å². The predicted molar refractivity (Wildman–Crippen MR) is 97.8 cm³/mol. The molecule has 0 radical (unpaired) electrons. The van der Waals surface area contributed by atoms with Gasteiger partial charge in [0.05, 0.1) is 20.2 Å². The minimum absolute atomic E-state index is 0.560. The first-order valence-electron chi connectivity index (χ1n) is 7.95. The normalized spacial score (nSPS) is 11.0. The van der Waals surface area contributed by atoms with Gasteiger partial charge in [-0.15, -0.1) is 0 Å². The number of rotatable bonds is 7. The third kappa shape index (κ3) is 5.83. The Morgan fingerprint density at radius 3 is 2.29 bits per heavy atom. The van der Waals surface area contributed by atoms with Gasteiger partial charge < -0.3 is 19.7 Å². The van der Waals surface area contributed by atoms with E-state index in [-0.39, 0.29) is 0 Å². The van der Waals surface area contributed by atoms with E-state index in [9.17, 15) is 0 Å². The molecule has 0 unspecified atom stereocenters. The van der Waals surface area contributed by atoms with E-state index >= 15 is 0 Å². The molecule has 24 heavy (non-hydrogen) atoms. The zero-order valence-corrected chi connectivity index (χ0v) is 14.5. The van der Waals surface area contributed by atoms with Crippen molar-refractivity contribution in [1.29, 1.82) is 0 Å². The number of aliphatic imine (C=N–C) groups is 1. The Morgan fingerprint density at radius 1 is 1.00 bits per heavy atom. The minimum Gasteiger partial charge on any atom is -0.497 e. The van der Waals surface area contributed by atoms with Gasteiger partial charge >= 0.3 is 0 Å². The fourth-order valence-corrected chi connectivity index (χ4v) is 2.11. The maximum Gasteiger partial charge on any atom is 0.193 e. The van der Waals surface area contributed by atoms with E-state index in [2.05, 4.69) is 22.4 Å². The Labute approximate surface area is 143 Å². The lowest BCUT2D eigenvalue weighted by Gasteiger charge is -2.18. The summed E-state index contributed by atoms with van der Waals surface area (Å²) in [6, 6.07) is 17.8. The predicted octanol–water partition coefficient (Wildman–Crippen LogP) is 2.78. The molecule has 0 spiro atoms. The van der Waals surface area contributed by atoms with Crippen molar-refractivity contribution in [2.45, 2.75) is 6.54 Å². The van der Waals surface area contributed by atoms with Gasteiger partial charge in [0.1, 0.15) is 18.1 Å². The van der Waals surface area contributed by atoms with Crippen molar-refractivity contribution < 1.29 is 9.47 Å². The van der Waals surface area contributed by atoms with Crippen LogP contribution in [0.15, 0.2) is 59.6 Å². The molecule has 2 aromatic rings. The summed E-state index contributed by atoms with van der Waals surface area (Å²) in [5.41, 5.74) is 1.19. The Bertz CT molecular complexity index is 625. The van der Waals surface area contributed by atoms with Crippen molar-refractivity contribution in [1.82, 2.24) is 10.2 Å². The fourth-order valence-electron chi connectivity index (χ4n) is 2.11. The molecule has 5 nitrogen and oxygen atoms in total. The quantitative estimate of drug-likeness (QED) is 0.482. The van der Waals surface area contributed by atoms with Crippen molar-refractivity contribution in [3.05, 3.63) is 60.2 Å². The van der Waals surface area contributed by atoms with E-state index in [1.807, 2.05) is 61.5 Å². The van der Waals surface area contributed by atoms with Gasteiger partial charge in [0.2, 0.25) is 0 Å². The summed E-state index contributed by atoms with van der Waals surface area (Å²) >= 11 is 0. The summed E-state index contributed by atoms with van der Waals surface area (Å²) in [5.74, 6) is 2.49. The second-order valence-electron chi connectivity index (χ2n) is 5.47. The smallest absolute Gasteiger partial charge is 0.193 e. The van der Waals surface area contributed by atoms with Crippen LogP contribution >= 0.6 is 0 Å². The number of nitrogens with zero attached hydrogens (tertiary/aromatic N) is 2. The van der Waals surface area contributed by atoms with Crippen LogP contribution in [0.2, 0.25) is 0 Å². The van der Waals surface area contributed by atoms with Crippen LogP contribution in [-0.2, 0) is 6.54 Å². The third-order valence-corrected chi connectivity index (χ3v) is 3.39. The molecule has 128 valence electrons. The van der Waals surface area contributed by atoms with Crippen molar-refractivity contribution in [3.63, 3.8) is 0 Å². The van der Waals surface area contributed by atoms with Crippen LogP contribution in [-0.4, -0.2) is 45.2 Å². The maximum atomic E-state index is 5.71.